The molecular formula is C15H26BrN3O. The summed E-state index contributed by atoms with van der Waals surface area (Å²) in [5.74, 6) is 6.61. The first-order valence-corrected chi connectivity index (χ1v) is 7.94. The second-order valence-electron chi connectivity index (χ2n) is 4.84. The van der Waals surface area contributed by atoms with Crippen LogP contribution >= 0.6 is 15.9 Å². The molecule has 114 valence electrons. The van der Waals surface area contributed by atoms with E-state index >= 15 is 0 Å². The molecule has 0 fully saturated rings. The summed E-state index contributed by atoms with van der Waals surface area (Å²) in [6.07, 6.45) is 1.88. The van der Waals surface area contributed by atoms with Crippen molar-refractivity contribution in [3.8, 4) is 5.75 Å². The van der Waals surface area contributed by atoms with Crippen molar-refractivity contribution < 1.29 is 4.74 Å². The van der Waals surface area contributed by atoms with Crippen molar-refractivity contribution >= 4 is 15.9 Å². The van der Waals surface area contributed by atoms with Crippen LogP contribution in [-0.4, -0.2) is 37.7 Å². The van der Waals surface area contributed by atoms with Crippen molar-refractivity contribution in [1.82, 2.24) is 10.3 Å². The minimum absolute atomic E-state index is 0.249. The van der Waals surface area contributed by atoms with Crippen LogP contribution in [0.5, 0.6) is 5.75 Å². The Labute approximate surface area is 130 Å². The van der Waals surface area contributed by atoms with Gasteiger partial charge in [0.05, 0.1) is 7.11 Å². The van der Waals surface area contributed by atoms with Crippen molar-refractivity contribution in [3.05, 3.63) is 28.2 Å². The van der Waals surface area contributed by atoms with Crippen LogP contribution in [-0.2, 0) is 6.42 Å². The number of halogens is 1. The molecule has 0 bridgehead atoms. The van der Waals surface area contributed by atoms with E-state index in [4.69, 9.17) is 10.6 Å². The molecule has 1 unspecified atom stereocenters. The smallest absolute Gasteiger partial charge is 0.122 e. The molecule has 4 nitrogen and oxygen atoms in total. The van der Waals surface area contributed by atoms with Gasteiger partial charge in [-0.3, -0.25) is 11.3 Å². The molecule has 1 rings (SSSR count). The first-order chi connectivity index (χ1) is 9.64. The van der Waals surface area contributed by atoms with Crippen LogP contribution in [0, 0.1) is 0 Å². The zero-order valence-corrected chi connectivity index (χ0v) is 14.2. The zero-order chi connectivity index (χ0) is 15.0. The predicted octanol–water partition coefficient (Wildman–Crippen LogP) is 2.56. The van der Waals surface area contributed by atoms with Gasteiger partial charge in [-0.15, -0.1) is 0 Å². The lowest BCUT2D eigenvalue weighted by atomic mass is 10.0. The molecule has 0 saturated heterocycles. The van der Waals surface area contributed by atoms with Crippen LogP contribution in [0.4, 0.5) is 0 Å². The van der Waals surface area contributed by atoms with Gasteiger partial charge >= 0.3 is 0 Å². The predicted molar refractivity (Wildman–Crippen MR) is 87.9 cm³/mol. The molecule has 0 aliphatic carbocycles. The van der Waals surface area contributed by atoms with Crippen LogP contribution in [0.25, 0.3) is 0 Å². The number of benzene rings is 1. The highest BCUT2D eigenvalue weighted by atomic mass is 79.9. The molecule has 1 atom stereocenters. The Hall–Kier alpha value is -0.620. The summed E-state index contributed by atoms with van der Waals surface area (Å²) in [6.45, 7) is 7.58. The number of hydrogen-bond acceptors (Lipinski definition) is 4. The SMILES string of the molecule is CCN(CC)CCC(Cc1cc(Br)ccc1OC)NN. The second-order valence-corrected chi connectivity index (χ2v) is 5.76. The van der Waals surface area contributed by atoms with Gasteiger partial charge in [-0.05, 0) is 56.2 Å². The standard InChI is InChI=1S/C15H26BrN3O/c1-4-19(5-2)9-8-14(18-17)11-12-10-13(16)6-7-15(12)20-3/h6-7,10,14,18H,4-5,8-9,11,17H2,1-3H3. The third-order valence-electron chi connectivity index (χ3n) is 3.63. The number of nitrogens with one attached hydrogen (secondary N) is 1. The summed E-state index contributed by atoms with van der Waals surface area (Å²) in [5.41, 5.74) is 4.10. The van der Waals surface area contributed by atoms with E-state index in [9.17, 15) is 0 Å². The first-order valence-electron chi connectivity index (χ1n) is 7.15. The van der Waals surface area contributed by atoms with Crippen molar-refractivity contribution in [3.63, 3.8) is 0 Å². The summed E-state index contributed by atoms with van der Waals surface area (Å²) in [6, 6.07) is 6.32. The highest BCUT2D eigenvalue weighted by Crippen LogP contribution is 2.24. The van der Waals surface area contributed by atoms with Crippen LogP contribution in [0.2, 0.25) is 0 Å². The maximum atomic E-state index is 5.70. The van der Waals surface area contributed by atoms with E-state index < -0.39 is 0 Å². The lowest BCUT2D eigenvalue weighted by Crippen LogP contribution is -2.39. The average Bonchev–Trinajstić information content (AvgIpc) is 2.47. The topological polar surface area (TPSA) is 50.5 Å². The van der Waals surface area contributed by atoms with Crippen LogP contribution in [0.1, 0.15) is 25.8 Å². The maximum absolute atomic E-state index is 5.70. The van der Waals surface area contributed by atoms with Gasteiger partial charge in [-0.25, -0.2) is 0 Å². The molecule has 0 aliphatic heterocycles. The summed E-state index contributed by atoms with van der Waals surface area (Å²) >= 11 is 3.51. The quantitative estimate of drug-likeness (QED) is 0.534. The Kier molecular flexibility index (Phi) is 8.14. The van der Waals surface area contributed by atoms with Gasteiger partial charge < -0.3 is 9.64 Å². The minimum atomic E-state index is 0.249. The fourth-order valence-corrected chi connectivity index (χ4v) is 2.70. The van der Waals surface area contributed by atoms with E-state index in [1.807, 2.05) is 12.1 Å². The number of rotatable bonds is 9. The fraction of sp³-hybridized carbons (Fsp3) is 0.600. The molecule has 0 spiro atoms. The number of hydrogen-bond donors (Lipinski definition) is 2. The van der Waals surface area contributed by atoms with E-state index in [0.29, 0.717) is 0 Å². The number of hydrazine groups is 1. The number of nitrogens with two attached hydrogens (primary N) is 1. The molecule has 1 aromatic carbocycles. The summed E-state index contributed by atoms with van der Waals surface area (Å²) in [5, 5.41) is 0. The first kappa shape index (κ1) is 17.4. The van der Waals surface area contributed by atoms with E-state index in [0.717, 1.165) is 42.7 Å². The molecule has 0 amide bonds. The molecule has 3 N–H and O–H groups in total. The zero-order valence-electron chi connectivity index (χ0n) is 12.7. The maximum Gasteiger partial charge on any atom is 0.122 e. The van der Waals surface area contributed by atoms with Crippen LogP contribution in [0.3, 0.4) is 0 Å². The van der Waals surface area contributed by atoms with E-state index in [2.05, 4.69) is 46.2 Å². The van der Waals surface area contributed by atoms with Gasteiger partial charge in [0.15, 0.2) is 0 Å². The lowest BCUT2D eigenvalue weighted by molar-refractivity contribution is 0.280. The lowest BCUT2D eigenvalue weighted by Gasteiger charge is -2.23. The van der Waals surface area contributed by atoms with Gasteiger partial charge in [0, 0.05) is 10.5 Å². The van der Waals surface area contributed by atoms with Crippen LogP contribution in [0.15, 0.2) is 22.7 Å². The highest BCUT2D eigenvalue weighted by Gasteiger charge is 2.13. The molecule has 20 heavy (non-hydrogen) atoms. The Morgan fingerprint density at radius 3 is 2.60 bits per heavy atom. The minimum Gasteiger partial charge on any atom is -0.496 e. The van der Waals surface area contributed by atoms with Crippen molar-refractivity contribution in [1.29, 1.82) is 0 Å². The molecule has 5 heteroatoms. The van der Waals surface area contributed by atoms with Gasteiger partial charge in [-0.2, -0.15) is 0 Å². The Morgan fingerprint density at radius 1 is 1.35 bits per heavy atom. The van der Waals surface area contributed by atoms with Gasteiger partial charge in [-0.1, -0.05) is 29.8 Å². The van der Waals surface area contributed by atoms with Crippen molar-refractivity contribution in [2.45, 2.75) is 32.7 Å². The Morgan fingerprint density at radius 2 is 2.05 bits per heavy atom. The molecule has 0 heterocycles. The molecule has 0 saturated carbocycles. The van der Waals surface area contributed by atoms with Crippen molar-refractivity contribution in [2.75, 3.05) is 26.7 Å². The largest absolute Gasteiger partial charge is 0.496 e. The number of nitrogens with zero attached hydrogens (tertiary/aromatic N) is 1. The molecule has 0 radical (unpaired) electrons. The van der Waals surface area contributed by atoms with Gasteiger partial charge in [0.25, 0.3) is 0 Å². The number of methoxy groups -OCH3 is 1. The van der Waals surface area contributed by atoms with Gasteiger partial charge in [0.1, 0.15) is 5.75 Å². The summed E-state index contributed by atoms with van der Waals surface area (Å²) in [4.78, 5) is 2.41. The molecular weight excluding hydrogens is 318 g/mol. The summed E-state index contributed by atoms with van der Waals surface area (Å²) < 4.78 is 6.48. The van der Waals surface area contributed by atoms with Gasteiger partial charge in [0.2, 0.25) is 0 Å². The second kappa shape index (κ2) is 9.34. The number of ether oxygens (including phenoxy) is 1. The van der Waals surface area contributed by atoms with Crippen LogP contribution < -0.4 is 16.0 Å². The molecule has 0 aliphatic rings. The molecule has 1 aromatic rings. The monoisotopic (exact) mass is 343 g/mol. The Balaban J connectivity index is 2.66. The third kappa shape index (κ3) is 5.40. The van der Waals surface area contributed by atoms with E-state index in [1.165, 1.54) is 5.56 Å². The van der Waals surface area contributed by atoms with E-state index in [-0.39, 0.29) is 6.04 Å². The third-order valence-corrected chi connectivity index (χ3v) is 4.13. The Bertz CT molecular complexity index is 397. The summed E-state index contributed by atoms with van der Waals surface area (Å²) in [7, 11) is 1.70. The molecule has 0 aromatic heterocycles. The van der Waals surface area contributed by atoms with E-state index in [1.54, 1.807) is 7.11 Å². The highest BCUT2D eigenvalue weighted by molar-refractivity contribution is 9.10. The normalized spacial score (nSPS) is 12.7. The average molecular weight is 344 g/mol. The van der Waals surface area contributed by atoms with Crippen molar-refractivity contribution in [2.24, 2.45) is 5.84 Å². The fourth-order valence-electron chi connectivity index (χ4n) is 2.29.